The molecule has 0 fully saturated rings. The maximum Gasteiger partial charge on any atom is 0.336 e. The Hall–Kier alpha value is -1.41. The lowest BCUT2D eigenvalue weighted by molar-refractivity contribution is 0.303. The van der Waals surface area contributed by atoms with Gasteiger partial charge in [-0.15, -0.1) is 0 Å². The van der Waals surface area contributed by atoms with E-state index in [0.29, 0.717) is 19.3 Å². The molecule has 2 aromatic carbocycles. The highest BCUT2D eigenvalue weighted by Gasteiger charge is 2.47. The maximum atomic E-state index is 12.6. The van der Waals surface area contributed by atoms with E-state index in [0.717, 1.165) is 30.4 Å². The molecule has 0 spiro atoms. The van der Waals surface area contributed by atoms with E-state index < -0.39 is 12.8 Å². The third kappa shape index (κ3) is 4.57. The van der Waals surface area contributed by atoms with Crippen LogP contribution in [0.3, 0.4) is 0 Å². The van der Waals surface area contributed by atoms with Crippen LogP contribution in [0.25, 0.3) is 0 Å². The molecule has 0 saturated heterocycles. The van der Waals surface area contributed by atoms with Crippen molar-refractivity contribution >= 4 is 7.60 Å². The first-order chi connectivity index (χ1) is 11.5. The molecule has 1 unspecified atom stereocenters. The molecule has 1 atom stereocenters. The minimum atomic E-state index is -4.31. The summed E-state index contributed by atoms with van der Waals surface area (Å²) >= 11 is 0. The second-order valence-electron chi connectivity index (χ2n) is 6.38. The highest BCUT2D eigenvalue weighted by Crippen LogP contribution is 2.62. The second-order valence-corrected chi connectivity index (χ2v) is 8.33. The molecular formula is C20H27O3P. The van der Waals surface area contributed by atoms with Crippen LogP contribution in [0.4, 0.5) is 0 Å². The summed E-state index contributed by atoms with van der Waals surface area (Å²) in [7, 11) is -4.31. The van der Waals surface area contributed by atoms with Crippen molar-refractivity contribution in [3.05, 3.63) is 71.8 Å². The summed E-state index contributed by atoms with van der Waals surface area (Å²) in [5, 5.41) is -1.10. The fourth-order valence-corrected chi connectivity index (χ4v) is 4.62. The van der Waals surface area contributed by atoms with E-state index in [2.05, 4.69) is 6.92 Å². The predicted molar refractivity (Wildman–Crippen MR) is 99.1 cm³/mol. The Morgan fingerprint density at radius 3 is 2.00 bits per heavy atom. The first-order valence-corrected chi connectivity index (χ1v) is 10.3. The summed E-state index contributed by atoms with van der Waals surface area (Å²) in [6.45, 7) is 2.10. The van der Waals surface area contributed by atoms with Crippen molar-refractivity contribution in [2.45, 2.75) is 50.6 Å². The molecule has 2 rings (SSSR count). The van der Waals surface area contributed by atoms with Crippen LogP contribution in [0.5, 0.6) is 0 Å². The first kappa shape index (κ1) is 18.9. The molecule has 0 radical (unpaired) electrons. The summed E-state index contributed by atoms with van der Waals surface area (Å²) in [4.78, 5) is 20.5. The quantitative estimate of drug-likeness (QED) is 0.480. The van der Waals surface area contributed by atoms with E-state index in [4.69, 9.17) is 0 Å². The molecule has 0 aliphatic rings. The number of aryl methyl sites for hydroxylation is 1. The monoisotopic (exact) mass is 346 g/mol. The molecule has 3 nitrogen and oxygen atoms in total. The van der Waals surface area contributed by atoms with Crippen molar-refractivity contribution < 1.29 is 14.4 Å². The summed E-state index contributed by atoms with van der Waals surface area (Å²) in [6, 6.07) is 19.2. The number of benzene rings is 2. The van der Waals surface area contributed by atoms with Crippen LogP contribution in [0, 0.1) is 0 Å². The maximum absolute atomic E-state index is 12.6. The van der Waals surface area contributed by atoms with E-state index in [-0.39, 0.29) is 0 Å². The third-order valence-electron chi connectivity index (χ3n) is 4.73. The minimum absolute atomic E-state index is 0.453. The van der Waals surface area contributed by atoms with Gasteiger partial charge in [-0.3, -0.25) is 4.57 Å². The zero-order chi connectivity index (χ0) is 17.5. The fraction of sp³-hybridized carbons (Fsp3) is 0.400. The zero-order valence-corrected chi connectivity index (χ0v) is 15.2. The van der Waals surface area contributed by atoms with Gasteiger partial charge in [0.05, 0.1) is 5.16 Å². The van der Waals surface area contributed by atoms with Gasteiger partial charge in [-0.25, -0.2) is 0 Å². The Bertz CT molecular complexity index is 651. The number of hydrogen-bond donors (Lipinski definition) is 2. The highest BCUT2D eigenvalue weighted by molar-refractivity contribution is 7.53. The van der Waals surface area contributed by atoms with Gasteiger partial charge in [0.25, 0.3) is 0 Å². The first-order valence-electron chi connectivity index (χ1n) is 8.65. The standard InChI is InChI=1S/C20H27O3P/c1-2-3-10-16-20(24(21,22)23,19-13-8-5-9-14-19)17-15-18-11-6-4-7-12-18/h4-9,11-14H,2-3,10,15-17H2,1H3,(H2,21,22,23). The van der Waals surface area contributed by atoms with Gasteiger partial charge in [0, 0.05) is 0 Å². The van der Waals surface area contributed by atoms with Gasteiger partial charge in [0.1, 0.15) is 0 Å². The third-order valence-corrected chi connectivity index (χ3v) is 6.55. The van der Waals surface area contributed by atoms with Crippen molar-refractivity contribution in [3.8, 4) is 0 Å². The van der Waals surface area contributed by atoms with Crippen LogP contribution in [0.2, 0.25) is 0 Å². The van der Waals surface area contributed by atoms with E-state index in [1.807, 2.05) is 60.7 Å². The Kier molecular flexibility index (Phi) is 6.79. The van der Waals surface area contributed by atoms with Gasteiger partial charge in [0.15, 0.2) is 0 Å². The van der Waals surface area contributed by atoms with E-state index in [9.17, 15) is 14.4 Å². The van der Waals surface area contributed by atoms with Crippen molar-refractivity contribution in [1.29, 1.82) is 0 Å². The van der Waals surface area contributed by atoms with Crippen LogP contribution in [0.15, 0.2) is 60.7 Å². The molecule has 24 heavy (non-hydrogen) atoms. The Morgan fingerprint density at radius 2 is 1.46 bits per heavy atom. The molecule has 0 aromatic heterocycles. The highest BCUT2D eigenvalue weighted by atomic mass is 31.2. The second kappa shape index (κ2) is 8.62. The van der Waals surface area contributed by atoms with Gasteiger partial charge in [-0.2, -0.15) is 0 Å². The summed E-state index contributed by atoms with van der Waals surface area (Å²) < 4.78 is 12.6. The number of hydrogen-bond acceptors (Lipinski definition) is 1. The van der Waals surface area contributed by atoms with Gasteiger partial charge < -0.3 is 9.79 Å². The van der Waals surface area contributed by atoms with Gasteiger partial charge >= 0.3 is 7.60 Å². The lowest BCUT2D eigenvalue weighted by Crippen LogP contribution is -2.27. The molecular weight excluding hydrogens is 319 g/mol. The smallest absolute Gasteiger partial charge is 0.324 e. The van der Waals surface area contributed by atoms with Crippen LogP contribution in [-0.4, -0.2) is 9.79 Å². The molecule has 0 bridgehead atoms. The van der Waals surface area contributed by atoms with Gasteiger partial charge in [-0.1, -0.05) is 86.8 Å². The van der Waals surface area contributed by atoms with E-state index >= 15 is 0 Å². The molecule has 2 N–H and O–H groups in total. The lowest BCUT2D eigenvalue weighted by Gasteiger charge is -2.35. The largest absolute Gasteiger partial charge is 0.336 e. The normalized spacial score (nSPS) is 14.3. The van der Waals surface area contributed by atoms with Crippen LogP contribution >= 0.6 is 7.60 Å². The lowest BCUT2D eigenvalue weighted by atomic mass is 9.86. The van der Waals surface area contributed by atoms with Crippen molar-refractivity contribution in [3.63, 3.8) is 0 Å². The van der Waals surface area contributed by atoms with E-state index in [1.54, 1.807) is 0 Å². The molecule has 0 amide bonds. The molecule has 0 aliphatic carbocycles. The average Bonchev–Trinajstić information content (AvgIpc) is 2.59. The van der Waals surface area contributed by atoms with Crippen LogP contribution < -0.4 is 0 Å². The van der Waals surface area contributed by atoms with Crippen molar-refractivity contribution in [1.82, 2.24) is 0 Å². The Balaban J connectivity index is 2.35. The summed E-state index contributed by atoms with van der Waals surface area (Å²) in [5.41, 5.74) is 1.87. The number of rotatable bonds is 9. The topological polar surface area (TPSA) is 57.5 Å². The molecule has 0 saturated carbocycles. The molecule has 4 heteroatoms. The number of unbranched alkanes of at least 4 members (excludes halogenated alkanes) is 2. The Morgan fingerprint density at radius 1 is 0.875 bits per heavy atom. The summed E-state index contributed by atoms with van der Waals surface area (Å²) in [6.07, 6.45) is 4.47. The molecule has 2 aromatic rings. The predicted octanol–water partition coefficient (Wildman–Crippen LogP) is 5.27. The molecule has 0 heterocycles. The van der Waals surface area contributed by atoms with Gasteiger partial charge in [-0.05, 0) is 30.4 Å². The van der Waals surface area contributed by atoms with Crippen LogP contribution in [0.1, 0.15) is 50.2 Å². The zero-order valence-electron chi connectivity index (χ0n) is 14.3. The fourth-order valence-electron chi connectivity index (χ4n) is 3.28. The summed E-state index contributed by atoms with van der Waals surface area (Å²) in [5.74, 6) is 0. The van der Waals surface area contributed by atoms with Crippen molar-refractivity contribution in [2.24, 2.45) is 0 Å². The minimum Gasteiger partial charge on any atom is -0.324 e. The SMILES string of the molecule is CCCCCC(CCc1ccccc1)(c1ccccc1)P(=O)(O)O. The molecule has 0 aliphatic heterocycles. The molecule has 130 valence electrons. The van der Waals surface area contributed by atoms with Crippen molar-refractivity contribution in [2.75, 3.05) is 0 Å². The van der Waals surface area contributed by atoms with E-state index in [1.165, 1.54) is 0 Å². The van der Waals surface area contributed by atoms with Crippen LogP contribution in [-0.2, 0) is 16.1 Å². The average molecular weight is 346 g/mol. The Labute approximate surface area is 144 Å². The van der Waals surface area contributed by atoms with Gasteiger partial charge in [0.2, 0.25) is 0 Å².